The fourth-order valence-electron chi connectivity index (χ4n) is 3.87. The highest BCUT2D eigenvalue weighted by molar-refractivity contribution is 5.77. The molecule has 0 aromatic carbocycles. The predicted molar refractivity (Wildman–Crippen MR) is 101 cm³/mol. The van der Waals surface area contributed by atoms with Crippen LogP contribution in [0.1, 0.15) is 37.1 Å². The first-order chi connectivity index (χ1) is 13.3. The van der Waals surface area contributed by atoms with Gasteiger partial charge in [0.2, 0.25) is 5.91 Å². The summed E-state index contributed by atoms with van der Waals surface area (Å²) in [4.78, 5) is 19.0. The minimum atomic E-state index is -0.0731. The molecule has 0 N–H and O–H groups in total. The average molecular weight is 369 g/mol. The monoisotopic (exact) mass is 369 g/mol. The van der Waals surface area contributed by atoms with Crippen LogP contribution in [0.5, 0.6) is 0 Å². The molecule has 1 amide bonds. The Morgan fingerprint density at radius 3 is 2.78 bits per heavy atom. The quantitative estimate of drug-likeness (QED) is 0.786. The van der Waals surface area contributed by atoms with Crippen molar-refractivity contribution in [1.82, 2.24) is 14.5 Å². The molecule has 2 aromatic heterocycles. The largest absolute Gasteiger partial charge is 0.368 e. The van der Waals surface area contributed by atoms with Crippen LogP contribution in [0.3, 0.4) is 0 Å². The SMILES string of the molecule is O=C(COC1CCCC1)N1Cc2cccn2C[C@@H](OCc2ccccn2)C1. The number of aromatic nitrogens is 2. The molecule has 6 heteroatoms. The van der Waals surface area contributed by atoms with E-state index in [9.17, 15) is 4.79 Å². The molecule has 1 saturated carbocycles. The van der Waals surface area contributed by atoms with Gasteiger partial charge in [0, 0.05) is 24.6 Å². The van der Waals surface area contributed by atoms with Gasteiger partial charge in [0.15, 0.2) is 0 Å². The van der Waals surface area contributed by atoms with Crippen LogP contribution in [0.2, 0.25) is 0 Å². The first kappa shape index (κ1) is 18.2. The molecule has 2 aromatic rings. The molecule has 1 aliphatic heterocycles. The number of hydrogen-bond acceptors (Lipinski definition) is 4. The lowest BCUT2D eigenvalue weighted by atomic mass is 10.3. The standard InChI is InChI=1S/C21H27N3O3/c25-21(16-27-19-8-1-2-9-19)24-12-18-7-5-11-23(18)13-20(14-24)26-15-17-6-3-4-10-22-17/h3-7,10-11,19-20H,1-2,8-9,12-16H2/t20-/m1/s1. The maximum atomic E-state index is 12.8. The Morgan fingerprint density at radius 2 is 1.96 bits per heavy atom. The minimum absolute atomic E-state index is 0.0444. The normalized spacial score (nSPS) is 20.4. The van der Waals surface area contributed by atoms with Crippen molar-refractivity contribution in [3.05, 3.63) is 54.1 Å². The number of pyridine rings is 1. The predicted octanol–water partition coefficient (Wildman–Crippen LogP) is 2.77. The van der Waals surface area contributed by atoms with Crippen LogP contribution in [-0.4, -0.2) is 45.7 Å². The third-order valence-electron chi connectivity index (χ3n) is 5.39. The van der Waals surface area contributed by atoms with Gasteiger partial charge in [-0.2, -0.15) is 0 Å². The molecule has 1 fully saturated rings. The van der Waals surface area contributed by atoms with Gasteiger partial charge in [0.25, 0.3) is 0 Å². The summed E-state index contributed by atoms with van der Waals surface area (Å²) in [6, 6.07) is 9.90. The molecule has 2 aliphatic rings. The van der Waals surface area contributed by atoms with Crippen molar-refractivity contribution in [2.75, 3.05) is 13.2 Å². The lowest BCUT2D eigenvalue weighted by Crippen LogP contribution is -2.39. The van der Waals surface area contributed by atoms with Crippen molar-refractivity contribution >= 4 is 5.91 Å². The summed E-state index contributed by atoms with van der Waals surface area (Å²) in [5.41, 5.74) is 2.03. The lowest BCUT2D eigenvalue weighted by Gasteiger charge is -2.25. The van der Waals surface area contributed by atoms with Gasteiger partial charge in [-0.1, -0.05) is 18.9 Å². The Kier molecular flexibility index (Phi) is 5.84. The molecule has 6 nitrogen and oxygen atoms in total. The zero-order valence-corrected chi connectivity index (χ0v) is 15.6. The summed E-state index contributed by atoms with van der Waals surface area (Å²) < 4.78 is 14.1. The van der Waals surface area contributed by atoms with E-state index >= 15 is 0 Å². The van der Waals surface area contributed by atoms with Crippen molar-refractivity contribution in [3.63, 3.8) is 0 Å². The zero-order valence-electron chi connectivity index (χ0n) is 15.6. The molecule has 27 heavy (non-hydrogen) atoms. The van der Waals surface area contributed by atoms with E-state index in [4.69, 9.17) is 9.47 Å². The van der Waals surface area contributed by atoms with Crippen LogP contribution in [0.15, 0.2) is 42.7 Å². The molecular weight excluding hydrogens is 342 g/mol. The highest BCUT2D eigenvalue weighted by atomic mass is 16.5. The number of ether oxygens (including phenoxy) is 2. The highest BCUT2D eigenvalue weighted by Gasteiger charge is 2.26. The summed E-state index contributed by atoms with van der Waals surface area (Å²) in [5, 5.41) is 0. The summed E-state index contributed by atoms with van der Waals surface area (Å²) in [6.07, 6.45) is 8.57. The molecule has 1 atom stereocenters. The molecule has 1 aliphatic carbocycles. The zero-order chi connectivity index (χ0) is 18.5. The van der Waals surface area contributed by atoms with Crippen molar-refractivity contribution in [1.29, 1.82) is 0 Å². The van der Waals surface area contributed by atoms with E-state index in [2.05, 4.69) is 21.8 Å². The molecule has 4 rings (SSSR count). The van der Waals surface area contributed by atoms with E-state index in [1.54, 1.807) is 6.20 Å². The summed E-state index contributed by atoms with van der Waals surface area (Å²) in [6.45, 7) is 2.52. The van der Waals surface area contributed by atoms with Crippen molar-refractivity contribution in [3.8, 4) is 0 Å². The Labute approximate surface area is 160 Å². The number of carbonyl (C=O) groups excluding carboxylic acids is 1. The number of amides is 1. The van der Waals surface area contributed by atoms with Crippen molar-refractivity contribution < 1.29 is 14.3 Å². The molecule has 0 spiro atoms. The fraction of sp³-hybridized carbons (Fsp3) is 0.524. The van der Waals surface area contributed by atoms with E-state index in [1.165, 1.54) is 12.8 Å². The maximum Gasteiger partial charge on any atom is 0.249 e. The number of carbonyl (C=O) groups is 1. The smallest absolute Gasteiger partial charge is 0.249 e. The number of hydrogen-bond donors (Lipinski definition) is 0. The van der Waals surface area contributed by atoms with Crippen LogP contribution < -0.4 is 0 Å². The third kappa shape index (κ3) is 4.76. The van der Waals surface area contributed by atoms with Gasteiger partial charge >= 0.3 is 0 Å². The second-order valence-corrected chi connectivity index (χ2v) is 7.40. The first-order valence-corrected chi connectivity index (χ1v) is 9.83. The van der Waals surface area contributed by atoms with E-state index in [0.717, 1.165) is 30.8 Å². The van der Waals surface area contributed by atoms with Gasteiger partial charge in [-0.15, -0.1) is 0 Å². The van der Waals surface area contributed by atoms with Gasteiger partial charge in [-0.25, -0.2) is 0 Å². The topological polar surface area (TPSA) is 56.6 Å². The average Bonchev–Trinajstić information content (AvgIpc) is 3.34. The Hall–Kier alpha value is -2.18. The van der Waals surface area contributed by atoms with Crippen molar-refractivity contribution in [2.45, 2.75) is 57.6 Å². The lowest BCUT2D eigenvalue weighted by molar-refractivity contribution is -0.140. The second-order valence-electron chi connectivity index (χ2n) is 7.40. The van der Waals surface area contributed by atoms with E-state index < -0.39 is 0 Å². The van der Waals surface area contributed by atoms with Crippen LogP contribution in [-0.2, 0) is 34.0 Å². The molecule has 0 radical (unpaired) electrons. The summed E-state index contributed by atoms with van der Waals surface area (Å²) in [5.74, 6) is 0.0444. The van der Waals surface area contributed by atoms with E-state index in [1.807, 2.05) is 29.2 Å². The van der Waals surface area contributed by atoms with Crippen LogP contribution in [0, 0.1) is 0 Å². The number of fused-ring (bicyclic) bond motifs is 1. The number of nitrogens with zero attached hydrogens (tertiary/aromatic N) is 3. The number of rotatable bonds is 6. The van der Waals surface area contributed by atoms with Crippen LogP contribution in [0.25, 0.3) is 0 Å². The molecule has 0 unspecified atom stereocenters. The molecule has 3 heterocycles. The van der Waals surface area contributed by atoms with Gasteiger partial charge in [-0.3, -0.25) is 9.78 Å². The Bertz CT molecular complexity index is 740. The second kappa shape index (κ2) is 8.67. The fourth-order valence-corrected chi connectivity index (χ4v) is 3.87. The molecule has 144 valence electrons. The Morgan fingerprint density at radius 1 is 1.07 bits per heavy atom. The van der Waals surface area contributed by atoms with Gasteiger partial charge in [0.05, 0.1) is 37.6 Å². The van der Waals surface area contributed by atoms with Crippen molar-refractivity contribution in [2.24, 2.45) is 0 Å². The summed E-state index contributed by atoms with van der Waals surface area (Å²) in [7, 11) is 0. The minimum Gasteiger partial charge on any atom is -0.368 e. The van der Waals surface area contributed by atoms with E-state index in [0.29, 0.717) is 19.7 Å². The maximum absolute atomic E-state index is 12.8. The molecule has 0 bridgehead atoms. The molecular formula is C21H27N3O3. The van der Waals surface area contributed by atoms with Gasteiger partial charge in [0.1, 0.15) is 6.61 Å². The van der Waals surface area contributed by atoms with Gasteiger partial charge in [-0.05, 0) is 37.1 Å². The van der Waals surface area contributed by atoms with Crippen LogP contribution in [0.4, 0.5) is 0 Å². The Balaban J connectivity index is 1.39. The molecule has 0 saturated heterocycles. The highest BCUT2D eigenvalue weighted by Crippen LogP contribution is 2.21. The van der Waals surface area contributed by atoms with E-state index in [-0.39, 0.29) is 24.7 Å². The van der Waals surface area contributed by atoms with Crippen LogP contribution >= 0.6 is 0 Å². The first-order valence-electron chi connectivity index (χ1n) is 9.83. The summed E-state index contributed by atoms with van der Waals surface area (Å²) >= 11 is 0. The van der Waals surface area contributed by atoms with Gasteiger partial charge < -0.3 is 18.9 Å². The third-order valence-corrected chi connectivity index (χ3v) is 5.39.